The Labute approximate surface area is 55.0 Å². The molecule has 50 valence electrons. The summed E-state index contributed by atoms with van der Waals surface area (Å²) in [5.41, 5.74) is 6.34. The number of ether oxygens (including phenoxy) is 1. The molecule has 1 rings (SSSR count). The van der Waals surface area contributed by atoms with Gasteiger partial charge in [0.05, 0.1) is 12.4 Å². The van der Waals surface area contributed by atoms with Gasteiger partial charge in [0.2, 0.25) is 0 Å². The third-order valence-corrected chi connectivity index (χ3v) is 1.20. The maximum atomic E-state index is 5.53. The minimum atomic E-state index is 0.753. The van der Waals surface area contributed by atoms with E-state index >= 15 is 0 Å². The fourth-order valence-electron chi connectivity index (χ4n) is 0.781. The van der Waals surface area contributed by atoms with E-state index in [9.17, 15) is 0 Å². The molecule has 0 saturated carbocycles. The monoisotopic (exact) mass is 125 g/mol. The summed E-state index contributed by atoms with van der Waals surface area (Å²) in [6.07, 6.45) is 4.73. The van der Waals surface area contributed by atoms with Crippen molar-refractivity contribution in [3.63, 3.8) is 0 Å². The normalized spacial score (nSPS) is 19.2. The molecule has 0 amide bonds. The topological polar surface area (TPSA) is 35.2 Å². The smallest absolute Gasteiger partial charge is 0.0949 e. The molecule has 2 nitrogen and oxygen atoms in total. The predicted molar refractivity (Wildman–Crippen MR) is 36.6 cm³/mol. The van der Waals surface area contributed by atoms with Crippen molar-refractivity contribution in [3.05, 3.63) is 23.6 Å². The van der Waals surface area contributed by atoms with Gasteiger partial charge in [-0.15, -0.1) is 0 Å². The molecule has 0 aliphatic carbocycles. The number of nitrogens with two attached hydrogens (primary N) is 1. The van der Waals surface area contributed by atoms with Crippen LogP contribution in [0, 0.1) is 0 Å². The van der Waals surface area contributed by atoms with Crippen molar-refractivity contribution in [2.45, 2.75) is 13.3 Å². The largest absolute Gasteiger partial charge is 0.498 e. The van der Waals surface area contributed by atoms with Crippen LogP contribution in [-0.4, -0.2) is 6.61 Å². The molecule has 0 bridgehead atoms. The third-order valence-electron chi connectivity index (χ3n) is 1.20. The van der Waals surface area contributed by atoms with Crippen LogP contribution >= 0.6 is 0 Å². The zero-order valence-corrected chi connectivity index (χ0v) is 5.55. The van der Waals surface area contributed by atoms with Crippen molar-refractivity contribution in [2.75, 3.05) is 6.61 Å². The molecule has 0 atom stereocenters. The summed E-state index contributed by atoms with van der Waals surface area (Å²) in [6, 6.07) is 0. The minimum absolute atomic E-state index is 0.753. The molecule has 0 saturated heterocycles. The van der Waals surface area contributed by atoms with Gasteiger partial charge in [-0.05, 0) is 13.0 Å². The first kappa shape index (κ1) is 6.20. The first-order valence-electron chi connectivity index (χ1n) is 3.06. The summed E-state index contributed by atoms with van der Waals surface area (Å²) in [5.74, 6) is 0.904. The third kappa shape index (κ3) is 1.80. The van der Waals surface area contributed by atoms with Crippen molar-refractivity contribution in [1.82, 2.24) is 0 Å². The summed E-state index contributed by atoms with van der Waals surface area (Å²) in [6.45, 7) is 2.66. The van der Waals surface area contributed by atoms with Crippen molar-refractivity contribution in [1.29, 1.82) is 0 Å². The molecule has 0 radical (unpaired) electrons. The zero-order chi connectivity index (χ0) is 6.69. The van der Waals surface area contributed by atoms with E-state index in [0.29, 0.717) is 0 Å². The van der Waals surface area contributed by atoms with E-state index in [4.69, 9.17) is 10.5 Å². The molecular formula is C7H11NO. The van der Waals surface area contributed by atoms with E-state index in [1.807, 2.05) is 19.1 Å². The van der Waals surface area contributed by atoms with Gasteiger partial charge >= 0.3 is 0 Å². The van der Waals surface area contributed by atoms with E-state index in [-0.39, 0.29) is 0 Å². The highest BCUT2D eigenvalue weighted by molar-refractivity contribution is 5.18. The molecule has 0 aromatic heterocycles. The van der Waals surface area contributed by atoms with Crippen LogP contribution in [0.4, 0.5) is 0 Å². The predicted octanol–water partition coefficient (Wildman–Crippen LogP) is 1.15. The Bertz CT molecular complexity index is 158. The van der Waals surface area contributed by atoms with Gasteiger partial charge in [0.25, 0.3) is 0 Å². The molecule has 1 aliphatic rings. The Hall–Kier alpha value is -0.920. The zero-order valence-electron chi connectivity index (χ0n) is 5.55. The summed E-state index contributed by atoms with van der Waals surface area (Å²) in [4.78, 5) is 0. The second-order valence-electron chi connectivity index (χ2n) is 2.10. The van der Waals surface area contributed by atoms with E-state index in [0.717, 1.165) is 24.5 Å². The Balaban J connectivity index is 2.67. The molecule has 0 fully saturated rings. The van der Waals surface area contributed by atoms with Gasteiger partial charge in [-0.2, -0.15) is 0 Å². The standard InChI is InChI=1S/C7H11NO/c1-6-5-7(8)3-2-4-9-6/h3,5H,2,4,8H2,1H3. The average molecular weight is 125 g/mol. The summed E-state index contributed by atoms with van der Waals surface area (Å²) < 4.78 is 5.20. The highest BCUT2D eigenvalue weighted by atomic mass is 16.5. The lowest BCUT2D eigenvalue weighted by Crippen LogP contribution is -1.91. The molecule has 2 N–H and O–H groups in total. The van der Waals surface area contributed by atoms with Crippen molar-refractivity contribution in [3.8, 4) is 0 Å². The quantitative estimate of drug-likeness (QED) is 0.527. The lowest BCUT2D eigenvalue weighted by molar-refractivity contribution is 0.222. The molecule has 1 aliphatic heterocycles. The molecular weight excluding hydrogens is 114 g/mol. The molecule has 0 aromatic carbocycles. The van der Waals surface area contributed by atoms with Gasteiger partial charge in [0.1, 0.15) is 0 Å². The maximum Gasteiger partial charge on any atom is 0.0949 e. The fourth-order valence-corrected chi connectivity index (χ4v) is 0.781. The second-order valence-corrected chi connectivity index (χ2v) is 2.10. The number of allylic oxidation sites excluding steroid dienone is 2. The summed E-state index contributed by atoms with van der Waals surface area (Å²) in [7, 11) is 0. The summed E-state index contributed by atoms with van der Waals surface area (Å²) in [5, 5.41) is 0. The number of hydrogen-bond donors (Lipinski definition) is 1. The van der Waals surface area contributed by atoms with Gasteiger partial charge in [-0.1, -0.05) is 6.08 Å². The van der Waals surface area contributed by atoms with Crippen LogP contribution < -0.4 is 5.73 Å². The van der Waals surface area contributed by atoms with Crippen molar-refractivity contribution < 1.29 is 4.74 Å². The average Bonchev–Trinajstić information content (AvgIpc) is 1.93. The van der Waals surface area contributed by atoms with Gasteiger partial charge in [-0.3, -0.25) is 0 Å². The van der Waals surface area contributed by atoms with E-state index in [2.05, 4.69) is 0 Å². The van der Waals surface area contributed by atoms with Crippen LogP contribution in [0.15, 0.2) is 23.6 Å². The van der Waals surface area contributed by atoms with E-state index in [1.165, 1.54) is 0 Å². The van der Waals surface area contributed by atoms with Crippen LogP contribution in [0.3, 0.4) is 0 Å². The molecule has 2 heteroatoms. The Morgan fingerprint density at radius 3 is 3.22 bits per heavy atom. The highest BCUT2D eigenvalue weighted by Gasteiger charge is 1.95. The van der Waals surface area contributed by atoms with Crippen LogP contribution in [0.25, 0.3) is 0 Å². The van der Waals surface area contributed by atoms with Gasteiger partial charge < -0.3 is 10.5 Å². The van der Waals surface area contributed by atoms with Crippen LogP contribution in [0.5, 0.6) is 0 Å². The summed E-state index contributed by atoms with van der Waals surface area (Å²) >= 11 is 0. The fraction of sp³-hybridized carbons (Fsp3) is 0.429. The number of hydrogen-bond acceptors (Lipinski definition) is 2. The molecule has 9 heavy (non-hydrogen) atoms. The van der Waals surface area contributed by atoms with E-state index in [1.54, 1.807) is 0 Å². The Morgan fingerprint density at radius 1 is 1.67 bits per heavy atom. The van der Waals surface area contributed by atoms with Crippen molar-refractivity contribution in [2.24, 2.45) is 5.73 Å². The van der Waals surface area contributed by atoms with Crippen LogP contribution in [-0.2, 0) is 4.74 Å². The molecule has 0 unspecified atom stereocenters. The second kappa shape index (κ2) is 2.58. The maximum absolute atomic E-state index is 5.53. The Kier molecular flexibility index (Phi) is 1.78. The lowest BCUT2D eigenvalue weighted by atomic mass is 10.3. The first-order valence-corrected chi connectivity index (χ1v) is 3.06. The first-order chi connectivity index (χ1) is 4.29. The van der Waals surface area contributed by atoms with Crippen LogP contribution in [0.1, 0.15) is 13.3 Å². The van der Waals surface area contributed by atoms with E-state index < -0.39 is 0 Å². The van der Waals surface area contributed by atoms with Gasteiger partial charge in [-0.25, -0.2) is 0 Å². The van der Waals surface area contributed by atoms with Crippen LogP contribution in [0.2, 0.25) is 0 Å². The molecule has 0 aromatic rings. The minimum Gasteiger partial charge on any atom is -0.498 e. The SMILES string of the molecule is CC1=CC(N)=CCCO1. The number of rotatable bonds is 0. The van der Waals surface area contributed by atoms with Gasteiger partial charge in [0, 0.05) is 12.1 Å². The Morgan fingerprint density at radius 2 is 2.44 bits per heavy atom. The lowest BCUT2D eigenvalue weighted by Gasteiger charge is -1.99. The molecule has 0 spiro atoms. The highest BCUT2D eigenvalue weighted by Crippen LogP contribution is 2.05. The molecule has 1 heterocycles. The van der Waals surface area contributed by atoms with Gasteiger partial charge in [0.15, 0.2) is 0 Å². The van der Waals surface area contributed by atoms with Crippen molar-refractivity contribution >= 4 is 0 Å².